The summed E-state index contributed by atoms with van der Waals surface area (Å²) in [5.41, 5.74) is 6.47. The fourth-order valence-electron chi connectivity index (χ4n) is 4.95. The van der Waals surface area contributed by atoms with Crippen LogP contribution in [0.4, 0.5) is 0 Å². The molecule has 0 radical (unpaired) electrons. The first-order chi connectivity index (χ1) is 15.9. The molecule has 0 aromatic carbocycles. The van der Waals surface area contributed by atoms with E-state index in [0.29, 0.717) is 13.1 Å². The van der Waals surface area contributed by atoms with Gasteiger partial charge in [0.15, 0.2) is 0 Å². The molecule has 1 saturated heterocycles. The van der Waals surface area contributed by atoms with Gasteiger partial charge >= 0.3 is 0 Å². The molecule has 1 atom stereocenters. The SMILES string of the molecule is C=CN=CC=C(NC1=CCC(CNC2CCCCC2)CC1)N1CCN(C(=O)C(C)(C)N)CC1. The van der Waals surface area contributed by atoms with Gasteiger partial charge in [0.2, 0.25) is 5.91 Å². The van der Waals surface area contributed by atoms with Crippen LogP contribution in [-0.4, -0.2) is 66.2 Å². The lowest BCUT2D eigenvalue weighted by Crippen LogP contribution is -2.57. The summed E-state index contributed by atoms with van der Waals surface area (Å²) in [6.45, 7) is 11.2. The quantitative estimate of drug-likeness (QED) is 0.464. The molecule has 3 rings (SSSR count). The number of piperazine rings is 1. The van der Waals surface area contributed by atoms with E-state index in [4.69, 9.17) is 5.73 Å². The molecule has 184 valence electrons. The molecule has 3 aliphatic rings. The molecular weight excluding hydrogens is 412 g/mol. The number of aliphatic imine (C=N–C) groups is 1. The van der Waals surface area contributed by atoms with Gasteiger partial charge in [0.25, 0.3) is 0 Å². The van der Waals surface area contributed by atoms with Crippen LogP contribution in [0.5, 0.6) is 0 Å². The maximum atomic E-state index is 12.5. The normalized spacial score (nSPS) is 23.5. The third kappa shape index (κ3) is 8.00. The van der Waals surface area contributed by atoms with Crippen molar-refractivity contribution in [1.29, 1.82) is 0 Å². The molecule has 2 fully saturated rings. The molecule has 7 heteroatoms. The van der Waals surface area contributed by atoms with Gasteiger partial charge in [-0.25, -0.2) is 0 Å². The minimum absolute atomic E-state index is 0.0109. The Bertz CT molecular complexity index is 736. The lowest BCUT2D eigenvalue weighted by atomic mass is 9.90. The number of allylic oxidation sites excluding steroid dienone is 3. The van der Waals surface area contributed by atoms with Crippen LogP contribution in [0, 0.1) is 5.92 Å². The molecular formula is C26H44N6O. The molecule has 0 bridgehead atoms. The van der Waals surface area contributed by atoms with Gasteiger partial charge in [0.1, 0.15) is 5.82 Å². The van der Waals surface area contributed by atoms with Crippen LogP contribution in [0.1, 0.15) is 65.2 Å². The zero-order chi connectivity index (χ0) is 23.7. The number of carbonyl (C=O) groups is 1. The Morgan fingerprint density at radius 1 is 1.18 bits per heavy atom. The molecule has 4 N–H and O–H groups in total. The monoisotopic (exact) mass is 456 g/mol. The Balaban J connectivity index is 1.52. The first-order valence-corrected chi connectivity index (χ1v) is 12.7. The molecule has 33 heavy (non-hydrogen) atoms. The van der Waals surface area contributed by atoms with Gasteiger partial charge in [0, 0.05) is 50.3 Å². The van der Waals surface area contributed by atoms with E-state index in [2.05, 4.69) is 33.2 Å². The molecule has 1 heterocycles. The average Bonchev–Trinajstić information content (AvgIpc) is 2.83. The van der Waals surface area contributed by atoms with Gasteiger partial charge in [-0.2, -0.15) is 0 Å². The molecule has 0 aromatic heterocycles. The molecule has 1 aliphatic heterocycles. The summed E-state index contributed by atoms with van der Waals surface area (Å²) < 4.78 is 0. The van der Waals surface area contributed by atoms with Crippen LogP contribution >= 0.6 is 0 Å². The number of carbonyl (C=O) groups excluding carboxylic acids is 1. The Kier molecular flexibility index (Phi) is 9.56. The number of hydrogen-bond acceptors (Lipinski definition) is 6. The Morgan fingerprint density at radius 2 is 1.88 bits per heavy atom. The van der Waals surface area contributed by atoms with Gasteiger partial charge in [-0.05, 0) is 64.5 Å². The summed E-state index contributed by atoms with van der Waals surface area (Å²) in [6.07, 6.45) is 17.9. The van der Waals surface area contributed by atoms with Crippen LogP contribution < -0.4 is 16.4 Å². The summed E-state index contributed by atoms with van der Waals surface area (Å²) in [5.74, 6) is 1.77. The van der Waals surface area contributed by atoms with Crippen molar-refractivity contribution in [2.24, 2.45) is 16.6 Å². The van der Waals surface area contributed by atoms with E-state index < -0.39 is 5.54 Å². The third-order valence-electron chi connectivity index (χ3n) is 6.99. The molecule has 2 aliphatic carbocycles. The molecule has 1 saturated carbocycles. The second-order valence-corrected chi connectivity index (χ2v) is 10.3. The van der Waals surface area contributed by atoms with Crippen molar-refractivity contribution >= 4 is 12.1 Å². The first kappa shape index (κ1) is 25.5. The predicted molar refractivity (Wildman–Crippen MR) is 137 cm³/mol. The topological polar surface area (TPSA) is 86.0 Å². The zero-order valence-corrected chi connectivity index (χ0v) is 20.7. The van der Waals surface area contributed by atoms with Crippen molar-refractivity contribution in [1.82, 2.24) is 20.4 Å². The van der Waals surface area contributed by atoms with Crippen LogP contribution in [0.2, 0.25) is 0 Å². The van der Waals surface area contributed by atoms with E-state index in [1.165, 1.54) is 50.4 Å². The largest absolute Gasteiger partial charge is 0.355 e. The second-order valence-electron chi connectivity index (χ2n) is 10.3. The standard InChI is InChI=1S/C26H44N6O/c1-4-28-15-14-24(31-16-18-32(19-17-31)25(33)26(2,3)27)30-23-12-10-21(11-13-23)20-29-22-8-6-5-7-9-22/h4,12,14-15,21-22,29-30H,1,5-11,13,16-20,27H2,2-3H3. The van der Waals surface area contributed by atoms with E-state index >= 15 is 0 Å². The van der Waals surface area contributed by atoms with Crippen LogP contribution in [0.25, 0.3) is 0 Å². The maximum Gasteiger partial charge on any atom is 0.242 e. The Labute approximate surface area is 200 Å². The van der Waals surface area contributed by atoms with Gasteiger partial charge in [-0.1, -0.05) is 31.9 Å². The van der Waals surface area contributed by atoms with Crippen molar-refractivity contribution in [3.8, 4) is 0 Å². The number of amides is 1. The Hall–Kier alpha value is -2.12. The molecule has 1 amide bonds. The third-order valence-corrected chi connectivity index (χ3v) is 6.99. The van der Waals surface area contributed by atoms with Gasteiger partial charge in [0.05, 0.1) is 5.54 Å². The minimum Gasteiger partial charge on any atom is -0.355 e. The lowest BCUT2D eigenvalue weighted by Gasteiger charge is -2.40. The second kappa shape index (κ2) is 12.4. The number of hydrogen-bond donors (Lipinski definition) is 3. The van der Waals surface area contributed by atoms with Crippen LogP contribution in [-0.2, 0) is 4.79 Å². The fourth-order valence-corrected chi connectivity index (χ4v) is 4.95. The fraction of sp³-hybridized carbons (Fsp3) is 0.692. The molecule has 0 aromatic rings. The summed E-state index contributed by atoms with van der Waals surface area (Å²) in [5, 5.41) is 7.48. The van der Waals surface area contributed by atoms with Crippen LogP contribution in [0.3, 0.4) is 0 Å². The van der Waals surface area contributed by atoms with Crippen molar-refractivity contribution in [2.45, 2.75) is 76.8 Å². The van der Waals surface area contributed by atoms with Gasteiger partial charge in [-0.3, -0.25) is 9.79 Å². The highest BCUT2D eigenvalue weighted by atomic mass is 16.2. The Morgan fingerprint density at radius 3 is 2.48 bits per heavy atom. The zero-order valence-electron chi connectivity index (χ0n) is 20.7. The number of nitrogens with one attached hydrogen (secondary N) is 2. The molecule has 1 unspecified atom stereocenters. The number of nitrogens with two attached hydrogens (primary N) is 1. The summed E-state index contributed by atoms with van der Waals surface area (Å²) in [4.78, 5) is 20.8. The van der Waals surface area contributed by atoms with E-state index in [1.807, 2.05) is 11.0 Å². The average molecular weight is 457 g/mol. The number of nitrogens with zero attached hydrogens (tertiary/aromatic N) is 3. The number of rotatable bonds is 9. The highest BCUT2D eigenvalue weighted by molar-refractivity contribution is 5.85. The summed E-state index contributed by atoms with van der Waals surface area (Å²) in [6, 6.07) is 0.733. The van der Waals surface area contributed by atoms with Gasteiger partial charge in [-0.15, -0.1) is 0 Å². The highest BCUT2D eigenvalue weighted by Gasteiger charge is 2.30. The first-order valence-electron chi connectivity index (χ1n) is 12.7. The van der Waals surface area contributed by atoms with Crippen molar-refractivity contribution in [2.75, 3.05) is 32.7 Å². The lowest BCUT2D eigenvalue weighted by molar-refractivity contribution is -0.137. The summed E-state index contributed by atoms with van der Waals surface area (Å²) >= 11 is 0. The van der Waals surface area contributed by atoms with E-state index in [9.17, 15) is 4.79 Å². The molecule has 0 spiro atoms. The predicted octanol–water partition coefficient (Wildman–Crippen LogP) is 3.12. The summed E-state index contributed by atoms with van der Waals surface area (Å²) in [7, 11) is 0. The van der Waals surface area contributed by atoms with E-state index in [0.717, 1.165) is 50.3 Å². The van der Waals surface area contributed by atoms with Crippen molar-refractivity contribution in [3.63, 3.8) is 0 Å². The van der Waals surface area contributed by atoms with Gasteiger partial charge < -0.3 is 26.2 Å². The molecule has 7 nitrogen and oxygen atoms in total. The highest BCUT2D eigenvalue weighted by Crippen LogP contribution is 2.24. The van der Waals surface area contributed by atoms with Crippen LogP contribution in [0.15, 0.2) is 41.4 Å². The van der Waals surface area contributed by atoms with Crippen molar-refractivity contribution in [3.05, 3.63) is 36.4 Å². The maximum absolute atomic E-state index is 12.5. The van der Waals surface area contributed by atoms with E-state index in [1.54, 1.807) is 20.1 Å². The smallest absolute Gasteiger partial charge is 0.242 e. The van der Waals surface area contributed by atoms with E-state index in [-0.39, 0.29) is 5.91 Å². The van der Waals surface area contributed by atoms with Crippen molar-refractivity contribution < 1.29 is 4.79 Å². The minimum atomic E-state index is -0.828.